The lowest BCUT2D eigenvalue weighted by Gasteiger charge is -2.34. The maximum Gasteiger partial charge on any atom is 0.325 e. The number of rotatable bonds is 4. The zero-order chi connectivity index (χ0) is 18.2. The fraction of sp³-hybridized carbons (Fsp3) is 0.812. The molecule has 0 aromatic rings. The molecule has 2 aliphatic heterocycles. The van der Waals surface area contributed by atoms with E-state index in [1.54, 1.807) is 0 Å². The first-order chi connectivity index (χ1) is 11.7. The van der Waals surface area contributed by atoms with E-state index in [1.165, 1.54) is 0 Å². The van der Waals surface area contributed by atoms with Crippen LogP contribution in [0.5, 0.6) is 0 Å². The lowest BCUT2D eigenvalue weighted by atomic mass is 9.75. The summed E-state index contributed by atoms with van der Waals surface area (Å²) in [6.07, 6.45) is 4.43. The van der Waals surface area contributed by atoms with Crippen LogP contribution in [0.2, 0.25) is 0 Å². The summed E-state index contributed by atoms with van der Waals surface area (Å²) in [6.45, 7) is 1.76. The zero-order valence-electron chi connectivity index (χ0n) is 14.4. The van der Waals surface area contributed by atoms with Crippen molar-refractivity contribution in [1.82, 2.24) is 15.5 Å². The van der Waals surface area contributed by atoms with Gasteiger partial charge in [0, 0.05) is 6.04 Å². The molecule has 3 fully saturated rings. The van der Waals surface area contributed by atoms with Crippen molar-refractivity contribution >= 4 is 27.7 Å². The Balaban J connectivity index is 1.59. The number of urea groups is 1. The Labute approximate surface area is 147 Å². The molecule has 0 radical (unpaired) electrons. The van der Waals surface area contributed by atoms with Gasteiger partial charge in [-0.25, -0.2) is 13.2 Å². The molecule has 25 heavy (non-hydrogen) atoms. The molecule has 3 aliphatic rings. The molecule has 9 heteroatoms. The molecule has 140 valence electrons. The highest BCUT2D eigenvalue weighted by atomic mass is 32.2. The van der Waals surface area contributed by atoms with Crippen molar-refractivity contribution in [2.75, 3.05) is 18.1 Å². The van der Waals surface area contributed by atoms with Crippen LogP contribution in [0.1, 0.15) is 45.4 Å². The van der Waals surface area contributed by atoms with E-state index in [1.807, 2.05) is 0 Å². The number of amides is 4. The van der Waals surface area contributed by atoms with Gasteiger partial charge in [0.15, 0.2) is 9.84 Å². The van der Waals surface area contributed by atoms with Gasteiger partial charge in [0.2, 0.25) is 5.91 Å². The van der Waals surface area contributed by atoms with Gasteiger partial charge >= 0.3 is 6.03 Å². The van der Waals surface area contributed by atoms with Crippen LogP contribution in [0, 0.1) is 5.92 Å². The second-order valence-corrected chi connectivity index (χ2v) is 9.65. The van der Waals surface area contributed by atoms with E-state index >= 15 is 0 Å². The summed E-state index contributed by atoms with van der Waals surface area (Å²) in [7, 11) is -3.09. The summed E-state index contributed by atoms with van der Waals surface area (Å²) in [5.74, 6) is -0.271. The number of carbonyl (C=O) groups is 3. The van der Waals surface area contributed by atoms with Crippen LogP contribution in [-0.2, 0) is 19.4 Å². The topological polar surface area (TPSA) is 113 Å². The summed E-state index contributed by atoms with van der Waals surface area (Å²) < 4.78 is 22.9. The third-order valence-corrected chi connectivity index (χ3v) is 7.45. The maximum atomic E-state index is 12.7. The van der Waals surface area contributed by atoms with Gasteiger partial charge in [-0.2, -0.15) is 0 Å². The molecule has 0 aromatic carbocycles. The number of imide groups is 1. The average Bonchev–Trinajstić information content (AvgIpc) is 3.00. The molecule has 2 N–H and O–H groups in total. The predicted molar refractivity (Wildman–Crippen MR) is 90.4 cm³/mol. The van der Waals surface area contributed by atoms with E-state index in [0.29, 0.717) is 25.2 Å². The van der Waals surface area contributed by atoms with Crippen LogP contribution in [-0.4, -0.2) is 60.8 Å². The Morgan fingerprint density at radius 2 is 1.96 bits per heavy atom. The summed E-state index contributed by atoms with van der Waals surface area (Å²) in [5.41, 5.74) is -0.861. The van der Waals surface area contributed by atoms with Gasteiger partial charge in [0.1, 0.15) is 12.1 Å². The second-order valence-electron chi connectivity index (χ2n) is 7.42. The van der Waals surface area contributed by atoms with Gasteiger partial charge < -0.3 is 10.6 Å². The smallest absolute Gasteiger partial charge is 0.325 e. The molecule has 8 nitrogen and oxygen atoms in total. The molecule has 3 rings (SSSR count). The highest BCUT2D eigenvalue weighted by Crippen LogP contribution is 2.37. The molecule has 4 amide bonds. The fourth-order valence-electron chi connectivity index (χ4n) is 4.06. The Hall–Kier alpha value is -1.64. The first-order valence-electron chi connectivity index (χ1n) is 8.88. The van der Waals surface area contributed by atoms with Crippen LogP contribution in [0.25, 0.3) is 0 Å². The van der Waals surface area contributed by atoms with Crippen molar-refractivity contribution in [2.45, 2.75) is 57.0 Å². The Morgan fingerprint density at radius 3 is 2.52 bits per heavy atom. The minimum atomic E-state index is -3.09. The molecule has 2 saturated heterocycles. The number of nitrogens with one attached hydrogen (secondary N) is 2. The molecule has 0 bridgehead atoms. The lowest BCUT2D eigenvalue weighted by molar-refractivity contribution is -0.136. The highest BCUT2D eigenvalue weighted by molar-refractivity contribution is 7.91. The Kier molecular flexibility index (Phi) is 4.78. The van der Waals surface area contributed by atoms with E-state index in [4.69, 9.17) is 0 Å². The van der Waals surface area contributed by atoms with Crippen molar-refractivity contribution in [2.24, 2.45) is 5.92 Å². The fourth-order valence-corrected chi connectivity index (χ4v) is 5.74. The summed E-state index contributed by atoms with van der Waals surface area (Å²) >= 11 is 0. The van der Waals surface area contributed by atoms with E-state index < -0.39 is 33.4 Å². The van der Waals surface area contributed by atoms with Crippen LogP contribution in [0.15, 0.2) is 0 Å². The van der Waals surface area contributed by atoms with Gasteiger partial charge in [-0.05, 0) is 38.0 Å². The maximum absolute atomic E-state index is 12.7. The monoisotopic (exact) mass is 371 g/mol. The van der Waals surface area contributed by atoms with Crippen molar-refractivity contribution in [3.05, 3.63) is 0 Å². The van der Waals surface area contributed by atoms with E-state index in [-0.39, 0.29) is 24.0 Å². The molecule has 1 unspecified atom stereocenters. The molecular weight excluding hydrogens is 346 g/mol. The normalized spacial score (nSPS) is 34.4. The van der Waals surface area contributed by atoms with Crippen LogP contribution in [0.4, 0.5) is 4.79 Å². The van der Waals surface area contributed by atoms with Crippen molar-refractivity contribution in [3.8, 4) is 0 Å². The first-order valence-corrected chi connectivity index (χ1v) is 10.7. The largest absolute Gasteiger partial charge is 0.351 e. The minimum Gasteiger partial charge on any atom is -0.351 e. The van der Waals surface area contributed by atoms with Gasteiger partial charge in [0.25, 0.3) is 5.91 Å². The number of hydrogen-bond acceptors (Lipinski definition) is 5. The van der Waals surface area contributed by atoms with Crippen LogP contribution >= 0.6 is 0 Å². The van der Waals surface area contributed by atoms with Gasteiger partial charge in [-0.3, -0.25) is 14.5 Å². The van der Waals surface area contributed by atoms with Crippen LogP contribution < -0.4 is 10.6 Å². The lowest BCUT2D eigenvalue weighted by Crippen LogP contribution is -2.50. The Morgan fingerprint density at radius 1 is 1.28 bits per heavy atom. The second kappa shape index (κ2) is 6.59. The third-order valence-electron chi connectivity index (χ3n) is 5.68. The predicted octanol–water partition coefficient (Wildman–Crippen LogP) is 0.181. The van der Waals surface area contributed by atoms with Crippen LogP contribution in [0.3, 0.4) is 0 Å². The highest BCUT2D eigenvalue weighted by Gasteiger charge is 2.52. The molecule has 2 heterocycles. The number of hydrogen-bond donors (Lipinski definition) is 2. The number of sulfone groups is 1. The number of nitrogens with zero attached hydrogens (tertiary/aromatic N) is 1. The van der Waals surface area contributed by atoms with E-state index in [2.05, 4.69) is 17.6 Å². The van der Waals surface area contributed by atoms with Crippen molar-refractivity contribution in [3.63, 3.8) is 0 Å². The molecule has 1 aliphatic carbocycles. The SMILES string of the molecule is CCC1CCC2(CC1)NC(=O)N(CC(=O)NC1CCS(=O)(=O)C1)C2=O. The van der Waals surface area contributed by atoms with Gasteiger partial charge in [-0.15, -0.1) is 0 Å². The van der Waals surface area contributed by atoms with Crippen molar-refractivity contribution in [1.29, 1.82) is 0 Å². The quantitative estimate of drug-likeness (QED) is 0.685. The van der Waals surface area contributed by atoms with Gasteiger partial charge in [0.05, 0.1) is 11.5 Å². The van der Waals surface area contributed by atoms with Gasteiger partial charge in [-0.1, -0.05) is 13.3 Å². The molecule has 0 aromatic heterocycles. The van der Waals surface area contributed by atoms with E-state index in [9.17, 15) is 22.8 Å². The summed E-state index contributed by atoms with van der Waals surface area (Å²) in [5, 5.41) is 5.41. The standard InChI is InChI=1S/C16H25N3O5S/c1-2-11-3-6-16(7-4-11)14(21)19(15(22)18-16)9-13(20)17-12-5-8-25(23,24)10-12/h11-12H,2-10H2,1H3,(H,17,20)(H,18,22). The summed E-state index contributed by atoms with van der Waals surface area (Å²) in [4.78, 5) is 38.0. The molecular formula is C16H25N3O5S. The molecule has 1 saturated carbocycles. The first kappa shape index (κ1) is 18.2. The average molecular weight is 371 g/mol. The molecule has 1 spiro atoms. The Bertz CT molecular complexity index is 682. The third kappa shape index (κ3) is 3.65. The number of carbonyl (C=O) groups excluding carboxylic acids is 3. The van der Waals surface area contributed by atoms with Crippen molar-refractivity contribution < 1.29 is 22.8 Å². The minimum absolute atomic E-state index is 0.0583. The molecule has 1 atom stereocenters. The zero-order valence-corrected chi connectivity index (χ0v) is 15.2. The van der Waals surface area contributed by atoms with E-state index in [0.717, 1.165) is 24.2 Å². The summed E-state index contributed by atoms with van der Waals surface area (Å²) in [6, 6.07) is -0.971.